The van der Waals surface area contributed by atoms with Crippen molar-refractivity contribution >= 4 is 51.4 Å². The first-order valence-electron chi connectivity index (χ1n) is 10.7. The Kier molecular flexibility index (Phi) is 6.73. The van der Waals surface area contributed by atoms with E-state index >= 15 is 0 Å². The number of likely N-dealkylation sites (tertiary alicyclic amines) is 1. The van der Waals surface area contributed by atoms with Gasteiger partial charge in [0.1, 0.15) is 10.8 Å². The second-order valence-corrected chi connectivity index (χ2v) is 8.63. The quantitative estimate of drug-likeness (QED) is 0.256. The number of hydrogen-bond donors (Lipinski definition) is 1. The Morgan fingerprint density at radius 2 is 1.71 bits per heavy atom. The average Bonchev–Trinajstić information content (AvgIpc) is 3.08. The number of halogens is 2. The van der Waals surface area contributed by atoms with E-state index in [9.17, 15) is 14.7 Å². The number of benzene rings is 3. The van der Waals surface area contributed by atoms with Gasteiger partial charge >= 0.3 is 0 Å². The van der Waals surface area contributed by atoms with Crippen molar-refractivity contribution in [2.24, 2.45) is 0 Å². The van der Waals surface area contributed by atoms with Gasteiger partial charge in [0.25, 0.3) is 11.7 Å². The van der Waals surface area contributed by atoms with Crippen molar-refractivity contribution in [2.45, 2.75) is 19.4 Å². The standard InChI is InChI=1S/C26H23Cl2NO5/c1-4-12-29-21(16-11-7-9-14-8-5-6-10-15(14)16)19(23(31)26(29)32)22(30)17-13-18(27)25(34-3)20(28)24(17)33-2/h5-11,13,21,30H,4,12H2,1-3H3/b22-19+. The molecule has 0 aromatic heterocycles. The molecule has 6 nitrogen and oxygen atoms in total. The topological polar surface area (TPSA) is 76.1 Å². The SMILES string of the molecule is CCCN1C(=O)C(=O)/C(=C(/O)c2cc(Cl)c(OC)c(Cl)c2OC)C1c1cccc2ccccc12. The maximum Gasteiger partial charge on any atom is 0.295 e. The minimum atomic E-state index is -0.796. The molecule has 3 aromatic rings. The smallest absolute Gasteiger partial charge is 0.295 e. The summed E-state index contributed by atoms with van der Waals surface area (Å²) < 4.78 is 10.7. The number of methoxy groups -OCH3 is 2. The number of Topliss-reactive ketones (excluding diaryl/α,β-unsaturated/α-hetero) is 1. The van der Waals surface area contributed by atoms with Gasteiger partial charge in [0.2, 0.25) is 0 Å². The van der Waals surface area contributed by atoms with Crippen molar-refractivity contribution < 1.29 is 24.2 Å². The molecular weight excluding hydrogens is 477 g/mol. The van der Waals surface area contributed by atoms with Crippen molar-refractivity contribution in [1.82, 2.24) is 4.90 Å². The lowest BCUT2D eigenvalue weighted by Gasteiger charge is -2.26. The molecule has 0 saturated carbocycles. The van der Waals surface area contributed by atoms with E-state index in [4.69, 9.17) is 32.7 Å². The van der Waals surface area contributed by atoms with Crippen molar-refractivity contribution in [3.8, 4) is 11.5 Å². The first-order valence-corrected chi connectivity index (χ1v) is 11.5. The summed E-state index contributed by atoms with van der Waals surface area (Å²) in [5.74, 6) is -1.62. The van der Waals surface area contributed by atoms with E-state index in [1.165, 1.54) is 25.2 Å². The zero-order valence-corrected chi connectivity index (χ0v) is 20.4. The highest BCUT2D eigenvalue weighted by Crippen LogP contribution is 2.47. The summed E-state index contributed by atoms with van der Waals surface area (Å²) in [5, 5.41) is 13.5. The van der Waals surface area contributed by atoms with Crippen molar-refractivity contribution in [3.63, 3.8) is 0 Å². The van der Waals surface area contributed by atoms with Crippen LogP contribution < -0.4 is 9.47 Å². The minimum Gasteiger partial charge on any atom is -0.507 e. The Bertz CT molecular complexity index is 1330. The molecule has 1 heterocycles. The normalized spacial score (nSPS) is 17.4. The van der Waals surface area contributed by atoms with Crippen molar-refractivity contribution in [1.29, 1.82) is 0 Å². The van der Waals surface area contributed by atoms with Crippen LogP contribution in [0.3, 0.4) is 0 Å². The first-order chi connectivity index (χ1) is 16.3. The lowest BCUT2D eigenvalue weighted by Crippen LogP contribution is -2.30. The second kappa shape index (κ2) is 9.57. The Hall–Kier alpha value is -3.22. The maximum absolute atomic E-state index is 13.3. The van der Waals surface area contributed by atoms with Gasteiger partial charge in [-0.2, -0.15) is 0 Å². The lowest BCUT2D eigenvalue weighted by molar-refractivity contribution is -0.139. The number of ketones is 1. The molecule has 4 rings (SSSR count). The van der Waals surface area contributed by atoms with Crippen molar-refractivity contribution in [2.75, 3.05) is 20.8 Å². The minimum absolute atomic E-state index is 0.0450. The van der Waals surface area contributed by atoms with Crippen LogP contribution in [0, 0.1) is 0 Å². The zero-order valence-electron chi connectivity index (χ0n) is 18.9. The van der Waals surface area contributed by atoms with Crippen molar-refractivity contribution in [3.05, 3.63) is 75.3 Å². The molecular formula is C26H23Cl2NO5. The van der Waals surface area contributed by atoms with E-state index < -0.39 is 23.5 Å². The molecule has 1 N–H and O–H groups in total. The molecule has 0 bridgehead atoms. The van der Waals surface area contributed by atoms with Crippen LogP contribution in [0.25, 0.3) is 16.5 Å². The lowest BCUT2D eigenvalue weighted by atomic mass is 9.91. The summed E-state index contributed by atoms with van der Waals surface area (Å²) >= 11 is 12.7. The number of hydrogen-bond acceptors (Lipinski definition) is 5. The van der Waals surface area contributed by atoms with Crippen LogP contribution >= 0.6 is 23.2 Å². The number of nitrogens with zero attached hydrogens (tertiary/aromatic N) is 1. The number of rotatable bonds is 6. The van der Waals surface area contributed by atoms with Gasteiger partial charge < -0.3 is 19.5 Å². The number of amides is 1. The molecule has 8 heteroatoms. The number of aliphatic hydroxyl groups excluding tert-OH is 1. The van der Waals surface area contributed by atoms with E-state index in [1.54, 1.807) is 0 Å². The zero-order chi connectivity index (χ0) is 24.6. The summed E-state index contributed by atoms with van der Waals surface area (Å²) in [6.07, 6.45) is 0.637. The molecule has 1 fully saturated rings. The highest BCUT2D eigenvalue weighted by molar-refractivity contribution is 6.47. The third kappa shape index (κ3) is 3.77. The number of fused-ring (bicyclic) bond motifs is 1. The predicted octanol–water partition coefficient (Wildman–Crippen LogP) is 6.00. The predicted molar refractivity (Wildman–Crippen MR) is 133 cm³/mol. The summed E-state index contributed by atoms with van der Waals surface area (Å²) in [6.45, 7) is 2.27. The van der Waals surface area contributed by atoms with Gasteiger partial charge in [-0.25, -0.2) is 0 Å². The second-order valence-electron chi connectivity index (χ2n) is 7.85. The number of carbonyl (C=O) groups is 2. The van der Waals surface area contributed by atoms with Gasteiger partial charge in [0.05, 0.1) is 36.4 Å². The van der Waals surface area contributed by atoms with E-state index in [2.05, 4.69) is 0 Å². The van der Waals surface area contributed by atoms with E-state index in [1.807, 2.05) is 49.4 Å². The largest absolute Gasteiger partial charge is 0.507 e. The molecule has 0 spiro atoms. The Balaban J connectivity index is 2.04. The third-order valence-electron chi connectivity index (χ3n) is 5.92. The molecule has 0 aliphatic carbocycles. The molecule has 3 aromatic carbocycles. The van der Waals surface area contributed by atoms with E-state index in [0.717, 1.165) is 16.3 Å². The maximum atomic E-state index is 13.3. The average molecular weight is 500 g/mol. The Morgan fingerprint density at radius 3 is 2.38 bits per heavy atom. The van der Waals surface area contributed by atoms with Crippen LogP contribution in [0.5, 0.6) is 11.5 Å². The van der Waals surface area contributed by atoms with Crippen LogP contribution in [0.1, 0.15) is 30.5 Å². The monoisotopic (exact) mass is 499 g/mol. The van der Waals surface area contributed by atoms with Gasteiger partial charge in [-0.05, 0) is 28.8 Å². The molecule has 1 saturated heterocycles. The number of aliphatic hydroxyl groups is 1. The third-order valence-corrected chi connectivity index (χ3v) is 6.54. The van der Waals surface area contributed by atoms with Crippen LogP contribution in [0.15, 0.2) is 54.1 Å². The van der Waals surface area contributed by atoms with Crippen LogP contribution in [0.2, 0.25) is 10.0 Å². The molecule has 0 radical (unpaired) electrons. The molecule has 1 aliphatic rings. The van der Waals surface area contributed by atoms with Gasteiger partial charge in [0, 0.05) is 6.54 Å². The van der Waals surface area contributed by atoms with E-state index in [0.29, 0.717) is 13.0 Å². The van der Waals surface area contributed by atoms with Gasteiger partial charge in [-0.15, -0.1) is 0 Å². The molecule has 34 heavy (non-hydrogen) atoms. The fraction of sp³-hybridized carbons (Fsp3) is 0.231. The highest BCUT2D eigenvalue weighted by Gasteiger charge is 2.46. The fourth-order valence-corrected chi connectivity index (χ4v) is 5.14. The number of ether oxygens (including phenoxy) is 2. The Labute approximate surface area is 207 Å². The molecule has 1 amide bonds. The van der Waals surface area contributed by atoms with Gasteiger partial charge in [0.15, 0.2) is 11.5 Å². The molecule has 1 aliphatic heterocycles. The summed E-state index contributed by atoms with van der Waals surface area (Å²) in [7, 11) is 2.78. The van der Waals surface area contributed by atoms with Crippen LogP contribution in [-0.2, 0) is 9.59 Å². The molecule has 1 unspecified atom stereocenters. The first kappa shape index (κ1) is 23.9. The summed E-state index contributed by atoms with van der Waals surface area (Å²) in [6, 6.07) is 14.0. The molecule has 176 valence electrons. The van der Waals surface area contributed by atoms with Crippen LogP contribution in [0.4, 0.5) is 0 Å². The van der Waals surface area contributed by atoms with Gasteiger partial charge in [-0.1, -0.05) is 72.6 Å². The van der Waals surface area contributed by atoms with Crippen LogP contribution in [-0.4, -0.2) is 42.5 Å². The number of carbonyl (C=O) groups excluding carboxylic acids is 2. The molecule has 1 atom stereocenters. The van der Waals surface area contributed by atoms with Gasteiger partial charge in [-0.3, -0.25) is 9.59 Å². The summed E-state index contributed by atoms with van der Waals surface area (Å²) in [4.78, 5) is 27.8. The Morgan fingerprint density at radius 1 is 1.03 bits per heavy atom. The highest BCUT2D eigenvalue weighted by atomic mass is 35.5. The van der Waals surface area contributed by atoms with E-state index in [-0.39, 0.29) is 32.7 Å². The summed E-state index contributed by atoms with van der Waals surface area (Å²) in [5.41, 5.74) is 0.778. The fourth-order valence-electron chi connectivity index (χ4n) is 4.46.